The molecule has 0 aliphatic carbocycles. The van der Waals surface area contributed by atoms with E-state index in [9.17, 15) is 0 Å². The average Bonchev–Trinajstić information content (AvgIpc) is 2.42. The lowest BCUT2D eigenvalue weighted by Gasteiger charge is -2.31. The Kier molecular flexibility index (Phi) is 5.91. The van der Waals surface area contributed by atoms with Crippen LogP contribution in [0.2, 0.25) is 0 Å². The molecule has 3 rings (SSSR count). The lowest BCUT2D eigenvalue weighted by molar-refractivity contribution is 0.231. The van der Waals surface area contributed by atoms with E-state index >= 15 is 0 Å². The van der Waals surface area contributed by atoms with Crippen LogP contribution in [0.25, 0.3) is 0 Å². The van der Waals surface area contributed by atoms with Gasteiger partial charge in [0.25, 0.3) is 0 Å². The summed E-state index contributed by atoms with van der Waals surface area (Å²) in [5.74, 6) is 0. The lowest BCUT2D eigenvalue weighted by atomic mass is 10.6. The molecule has 112 valence electrons. The lowest BCUT2D eigenvalue weighted by Crippen LogP contribution is -2.58. The minimum absolute atomic E-state index is 0.580. The second-order valence-corrected chi connectivity index (χ2v) is 5.56. The van der Waals surface area contributed by atoms with E-state index < -0.39 is 0 Å². The van der Waals surface area contributed by atoms with E-state index in [0.717, 1.165) is 0 Å². The molecule has 0 atom stereocenters. The second-order valence-electron chi connectivity index (χ2n) is 4.34. The molecule has 0 amide bonds. The first-order valence-corrected chi connectivity index (χ1v) is 7.36. The Hall–Kier alpha value is -1.01. The van der Waals surface area contributed by atoms with Crippen LogP contribution in [-0.2, 0) is 0 Å². The average molecular weight is 335 g/mol. The Bertz CT molecular complexity index is 302. The maximum absolute atomic E-state index is 5.23. The minimum Gasteiger partial charge on any atom is -0.350 e. The van der Waals surface area contributed by atoms with Crippen LogP contribution in [0.3, 0.4) is 0 Å². The van der Waals surface area contributed by atoms with E-state index in [1.807, 2.05) is 0 Å². The fourth-order valence-electron chi connectivity index (χ4n) is 1.62. The van der Waals surface area contributed by atoms with Crippen LogP contribution in [0, 0.1) is 0 Å². The van der Waals surface area contributed by atoms with Crippen molar-refractivity contribution in [2.75, 3.05) is 40.0 Å². The summed E-state index contributed by atoms with van der Waals surface area (Å²) in [6.07, 6.45) is 0. The Balaban J connectivity index is 2.11. The van der Waals surface area contributed by atoms with E-state index in [1.54, 1.807) is 0 Å². The predicted octanol–water partition coefficient (Wildman–Crippen LogP) is -2.25. The molecule has 3 saturated heterocycles. The molecule has 11 heteroatoms. The molecule has 0 aromatic rings. The molecule has 6 N–H and O–H groups in total. The van der Waals surface area contributed by atoms with Crippen molar-refractivity contribution in [3.63, 3.8) is 0 Å². The standard InChI is InChI=1S/C9H18N8S3/c18-7-10-1-16-2-11-8(19)14-5-17(4-13-7)6-15-9(20)12-3-16/h1-6H2,(H2,10,13,18)(H2,11,14,19)(H2,12,15,20). The number of hydrogen-bond acceptors (Lipinski definition) is 5. The number of hydrogen-bond donors (Lipinski definition) is 6. The van der Waals surface area contributed by atoms with Crippen LogP contribution >= 0.6 is 36.7 Å². The monoisotopic (exact) mass is 334 g/mol. The first-order chi connectivity index (χ1) is 9.63. The van der Waals surface area contributed by atoms with Crippen LogP contribution < -0.4 is 31.9 Å². The molecule has 0 aromatic carbocycles. The molecule has 3 aliphatic heterocycles. The molecule has 2 bridgehead atoms. The normalized spacial score (nSPS) is 28.5. The minimum atomic E-state index is 0.580. The van der Waals surface area contributed by atoms with Crippen molar-refractivity contribution in [2.24, 2.45) is 0 Å². The molecule has 0 aromatic heterocycles. The highest BCUT2D eigenvalue weighted by Crippen LogP contribution is 1.88. The van der Waals surface area contributed by atoms with E-state index in [1.165, 1.54) is 0 Å². The van der Waals surface area contributed by atoms with E-state index in [0.29, 0.717) is 55.3 Å². The van der Waals surface area contributed by atoms with Gasteiger partial charge < -0.3 is 31.9 Å². The highest BCUT2D eigenvalue weighted by atomic mass is 32.1. The number of rotatable bonds is 0. The van der Waals surface area contributed by atoms with Crippen LogP contribution in [0.5, 0.6) is 0 Å². The summed E-state index contributed by atoms with van der Waals surface area (Å²) in [7, 11) is 0. The zero-order valence-corrected chi connectivity index (χ0v) is 13.3. The van der Waals surface area contributed by atoms with Gasteiger partial charge in [0.2, 0.25) is 0 Å². The van der Waals surface area contributed by atoms with Crippen LogP contribution in [0.4, 0.5) is 0 Å². The maximum atomic E-state index is 5.23. The Morgan fingerprint density at radius 1 is 0.500 bits per heavy atom. The summed E-state index contributed by atoms with van der Waals surface area (Å²) in [6, 6.07) is 0. The van der Waals surface area contributed by atoms with Crippen LogP contribution in [-0.4, -0.2) is 65.1 Å². The Morgan fingerprint density at radius 2 is 0.700 bits per heavy atom. The zero-order chi connectivity index (χ0) is 14.4. The molecule has 3 heterocycles. The number of thiocarbonyl (C=S) groups is 3. The smallest absolute Gasteiger partial charge is 0.168 e. The van der Waals surface area contributed by atoms with Gasteiger partial charge in [0.1, 0.15) is 0 Å². The topological polar surface area (TPSA) is 78.7 Å². The van der Waals surface area contributed by atoms with Gasteiger partial charge in [-0.2, -0.15) is 0 Å². The van der Waals surface area contributed by atoms with Gasteiger partial charge in [-0.1, -0.05) is 0 Å². The SMILES string of the molecule is S=C1NCN2CNC(=S)NCN(CN1)CNC(=S)NC2. The predicted molar refractivity (Wildman–Crippen MR) is 89.5 cm³/mol. The molecule has 3 aliphatic rings. The van der Waals surface area contributed by atoms with Crippen LogP contribution in [0.15, 0.2) is 0 Å². The van der Waals surface area contributed by atoms with E-state index in [-0.39, 0.29) is 0 Å². The number of nitrogens with zero attached hydrogens (tertiary/aromatic N) is 2. The fourth-order valence-corrected chi connectivity index (χ4v) is 2.01. The van der Waals surface area contributed by atoms with Crippen molar-refractivity contribution in [1.82, 2.24) is 41.7 Å². The highest BCUT2D eigenvalue weighted by molar-refractivity contribution is 7.80. The zero-order valence-electron chi connectivity index (χ0n) is 10.9. The van der Waals surface area contributed by atoms with Crippen molar-refractivity contribution >= 4 is 52.0 Å². The summed E-state index contributed by atoms with van der Waals surface area (Å²) in [5, 5.41) is 20.7. The number of fused-ring (bicyclic) bond motifs is 12. The molecule has 3 fully saturated rings. The van der Waals surface area contributed by atoms with Crippen molar-refractivity contribution in [1.29, 1.82) is 0 Å². The largest absolute Gasteiger partial charge is 0.350 e. The third-order valence-corrected chi connectivity index (χ3v) is 3.65. The molecular formula is C9H18N8S3. The summed E-state index contributed by atoms with van der Waals surface area (Å²) in [5.41, 5.74) is 0. The van der Waals surface area contributed by atoms with Crippen molar-refractivity contribution in [2.45, 2.75) is 0 Å². The third-order valence-electron chi connectivity index (χ3n) is 2.78. The van der Waals surface area contributed by atoms with Gasteiger partial charge in [0, 0.05) is 0 Å². The molecule has 0 saturated carbocycles. The van der Waals surface area contributed by atoms with Crippen molar-refractivity contribution in [3.8, 4) is 0 Å². The van der Waals surface area contributed by atoms with Crippen molar-refractivity contribution < 1.29 is 0 Å². The van der Waals surface area contributed by atoms with Gasteiger partial charge in [0.15, 0.2) is 15.3 Å². The van der Waals surface area contributed by atoms with Gasteiger partial charge in [-0.05, 0) is 36.7 Å². The van der Waals surface area contributed by atoms with Crippen molar-refractivity contribution in [3.05, 3.63) is 0 Å². The first kappa shape index (κ1) is 15.4. The summed E-state index contributed by atoms with van der Waals surface area (Å²) < 4.78 is 0. The Labute approximate surface area is 134 Å². The van der Waals surface area contributed by atoms with Crippen LogP contribution in [0.1, 0.15) is 0 Å². The molecular weight excluding hydrogens is 316 g/mol. The second kappa shape index (κ2) is 7.69. The quantitative estimate of drug-likeness (QED) is 0.272. The van der Waals surface area contributed by atoms with Gasteiger partial charge in [-0.25, -0.2) is 0 Å². The van der Waals surface area contributed by atoms with Gasteiger partial charge in [-0.15, -0.1) is 0 Å². The Morgan fingerprint density at radius 3 is 0.900 bits per heavy atom. The van der Waals surface area contributed by atoms with E-state index in [4.69, 9.17) is 36.7 Å². The molecule has 0 radical (unpaired) electrons. The summed E-state index contributed by atoms with van der Waals surface area (Å²) in [6.45, 7) is 3.48. The first-order valence-electron chi connectivity index (χ1n) is 6.13. The summed E-state index contributed by atoms with van der Waals surface area (Å²) in [4.78, 5) is 4.11. The summed E-state index contributed by atoms with van der Waals surface area (Å²) >= 11 is 15.7. The van der Waals surface area contributed by atoms with E-state index in [2.05, 4.69) is 41.7 Å². The molecule has 20 heavy (non-hydrogen) atoms. The maximum Gasteiger partial charge on any atom is 0.168 e. The molecule has 8 nitrogen and oxygen atoms in total. The molecule has 0 unspecified atom stereocenters. The number of nitrogens with one attached hydrogen (secondary N) is 6. The highest BCUT2D eigenvalue weighted by Gasteiger charge is 2.13. The third kappa shape index (κ3) is 5.17. The fraction of sp³-hybridized carbons (Fsp3) is 0.667. The van der Waals surface area contributed by atoms with Gasteiger partial charge in [0.05, 0.1) is 40.0 Å². The molecule has 0 spiro atoms. The van der Waals surface area contributed by atoms with Gasteiger partial charge in [-0.3, -0.25) is 9.80 Å². The van der Waals surface area contributed by atoms with Gasteiger partial charge >= 0.3 is 0 Å².